The average Bonchev–Trinajstić information content (AvgIpc) is 3.10. The maximum atomic E-state index is 12.8. The van der Waals surface area contributed by atoms with E-state index < -0.39 is 11.9 Å². The van der Waals surface area contributed by atoms with Gasteiger partial charge in [0.1, 0.15) is 11.5 Å². The molecule has 0 atom stereocenters. The maximum absolute atomic E-state index is 12.8. The second-order valence-electron chi connectivity index (χ2n) is 5.76. The summed E-state index contributed by atoms with van der Waals surface area (Å²) in [5.41, 5.74) is -0.0932. The van der Waals surface area contributed by atoms with Crippen LogP contribution in [-0.4, -0.2) is 45.5 Å². The summed E-state index contributed by atoms with van der Waals surface area (Å²) in [4.78, 5) is 16.4. The van der Waals surface area contributed by atoms with Crippen molar-refractivity contribution in [3.63, 3.8) is 0 Å². The normalized spacial score (nSPS) is 15.8. The van der Waals surface area contributed by atoms with Crippen molar-refractivity contribution in [3.8, 4) is 0 Å². The number of hydrogen-bond donors (Lipinski definition) is 0. The van der Waals surface area contributed by atoms with Crippen LogP contribution in [0.5, 0.6) is 0 Å². The van der Waals surface area contributed by atoms with E-state index in [1.54, 1.807) is 18.5 Å². The quantitative estimate of drug-likeness (QED) is 0.712. The van der Waals surface area contributed by atoms with Gasteiger partial charge in [0, 0.05) is 51.0 Å². The van der Waals surface area contributed by atoms with Gasteiger partial charge in [0.25, 0.3) is 0 Å². The fourth-order valence-electron chi connectivity index (χ4n) is 2.97. The molecule has 130 valence electrons. The van der Waals surface area contributed by atoms with Crippen molar-refractivity contribution in [2.75, 3.05) is 36.0 Å². The van der Waals surface area contributed by atoms with Gasteiger partial charge in [-0.05, 0) is 12.1 Å². The number of alkyl halides is 3. The van der Waals surface area contributed by atoms with Gasteiger partial charge < -0.3 is 14.2 Å². The molecule has 0 amide bonds. The summed E-state index contributed by atoms with van der Waals surface area (Å²) in [6.07, 6.45) is 2.67. The molecule has 1 saturated heterocycles. The second-order valence-corrected chi connectivity index (χ2v) is 5.76. The van der Waals surface area contributed by atoms with Crippen LogP contribution in [0.25, 0.3) is 5.65 Å². The van der Waals surface area contributed by atoms with Crippen molar-refractivity contribution in [1.82, 2.24) is 19.4 Å². The Kier molecular flexibility index (Phi) is 3.70. The Morgan fingerprint density at radius 1 is 0.880 bits per heavy atom. The highest BCUT2D eigenvalue weighted by Gasteiger charge is 2.33. The van der Waals surface area contributed by atoms with E-state index in [9.17, 15) is 13.2 Å². The molecule has 3 aromatic heterocycles. The van der Waals surface area contributed by atoms with Crippen LogP contribution in [0.1, 0.15) is 5.69 Å². The van der Waals surface area contributed by atoms with Gasteiger partial charge in [-0.15, -0.1) is 0 Å². The number of fused-ring (bicyclic) bond motifs is 1. The summed E-state index contributed by atoms with van der Waals surface area (Å²) >= 11 is 0. The van der Waals surface area contributed by atoms with Crippen LogP contribution in [0.4, 0.5) is 24.8 Å². The van der Waals surface area contributed by atoms with Crippen LogP contribution in [0, 0.1) is 0 Å². The Morgan fingerprint density at radius 2 is 1.56 bits per heavy atom. The summed E-state index contributed by atoms with van der Waals surface area (Å²) in [6, 6.07) is 3.99. The highest BCUT2D eigenvalue weighted by Crippen LogP contribution is 2.29. The highest BCUT2D eigenvalue weighted by molar-refractivity contribution is 5.64. The number of piperazine rings is 1. The maximum Gasteiger partial charge on any atom is 0.433 e. The van der Waals surface area contributed by atoms with E-state index in [4.69, 9.17) is 0 Å². The first kappa shape index (κ1) is 15.7. The number of imidazole rings is 1. The zero-order valence-corrected chi connectivity index (χ0v) is 13.2. The zero-order valence-electron chi connectivity index (χ0n) is 13.2. The summed E-state index contributed by atoms with van der Waals surface area (Å²) in [5, 5.41) is 0. The molecule has 9 heteroatoms. The first-order valence-corrected chi connectivity index (χ1v) is 7.84. The topological polar surface area (TPSA) is 49.6 Å². The zero-order chi connectivity index (χ0) is 17.4. The minimum absolute atomic E-state index is 0.349. The van der Waals surface area contributed by atoms with Crippen LogP contribution in [0.15, 0.2) is 43.0 Å². The molecule has 0 radical (unpaired) electrons. The molecule has 0 spiro atoms. The Hall–Kier alpha value is -2.84. The monoisotopic (exact) mass is 348 g/mol. The molecule has 0 saturated carbocycles. The van der Waals surface area contributed by atoms with Crippen molar-refractivity contribution < 1.29 is 13.2 Å². The van der Waals surface area contributed by atoms with Gasteiger partial charge in [-0.1, -0.05) is 6.07 Å². The highest BCUT2D eigenvalue weighted by atomic mass is 19.4. The number of halogens is 3. The van der Waals surface area contributed by atoms with Crippen molar-refractivity contribution in [2.45, 2.75) is 6.18 Å². The fraction of sp³-hybridized carbons (Fsp3) is 0.312. The van der Waals surface area contributed by atoms with Crippen LogP contribution < -0.4 is 9.80 Å². The van der Waals surface area contributed by atoms with Gasteiger partial charge in [0.15, 0.2) is 11.5 Å². The lowest BCUT2D eigenvalue weighted by molar-refractivity contribution is -0.141. The molecule has 1 aliphatic heterocycles. The predicted molar refractivity (Wildman–Crippen MR) is 86.7 cm³/mol. The third-order valence-electron chi connectivity index (χ3n) is 4.22. The lowest BCUT2D eigenvalue weighted by atomic mass is 10.3. The van der Waals surface area contributed by atoms with Crippen LogP contribution in [0.3, 0.4) is 0 Å². The molecule has 0 N–H and O–H groups in total. The summed E-state index contributed by atoms with van der Waals surface area (Å²) in [5.74, 6) is 1.13. The van der Waals surface area contributed by atoms with Crippen LogP contribution >= 0.6 is 0 Å². The van der Waals surface area contributed by atoms with Gasteiger partial charge in [-0.25, -0.2) is 15.0 Å². The van der Waals surface area contributed by atoms with Gasteiger partial charge in [0.05, 0.1) is 0 Å². The largest absolute Gasteiger partial charge is 0.433 e. The average molecular weight is 348 g/mol. The minimum atomic E-state index is -4.43. The number of hydrogen-bond acceptors (Lipinski definition) is 5. The van der Waals surface area contributed by atoms with Gasteiger partial charge in [-0.3, -0.25) is 0 Å². The molecule has 0 aromatic carbocycles. The van der Waals surface area contributed by atoms with E-state index >= 15 is 0 Å². The molecule has 3 aromatic rings. The Bertz CT molecular complexity index is 883. The van der Waals surface area contributed by atoms with E-state index in [1.165, 1.54) is 6.07 Å². The standard InChI is InChI=1S/C16H15F3N6/c17-16(18,19)12-2-1-3-13(22-12)23-8-10-25(11-9-23)15-14-20-4-6-24(14)7-5-21-15/h1-7H,8-11H2. The summed E-state index contributed by atoms with van der Waals surface area (Å²) in [6.45, 7) is 2.41. The Morgan fingerprint density at radius 3 is 2.28 bits per heavy atom. The minimum Gasteiger partial charge on any atom is -0.353 e. The smallest absolute Gasteiger partial charge is 0.353 e. The third kappa shape index (κ3) is 2.97. The molecule has 4 rings (SSSR count). The van der Waals surface area contributed by atoms with E-state index in [1.807, 2.05) is 21.7 Å². The van der Waals surface area contributed by atoms with E-state index in [0.717, 1.165) is 17.5 Å². The molecule has 1 fully saturated rings. The van der Waals surface area contributed by atoms with Crippen molar-refractivity contribution in [3.05, 3.63) is 48.7 Å². The molecule has 0 aliphatic carbocycles. The number of nitrogens with zero attached hydrogens (tertiary/aromatic N) is 6. The van der Waals surface area contributed by atoms with E-state index in [-0.39, 0.29) is 0 Å². The van der Waals surface area contributed by atoms with Crippen LogP contribution in [-0.2, 0) is 6.18 Å². The Balaban J connectivity index is 1.51. The summed E-state index contributed by atoms with van der Waals surface area (Å²) in [7, 11) is 0. The number of rotatable bonds is 2. The first-order chi connectivity index (χ1) is 12.0. The van der Waals surface area contributed by atoms with Crippen molar-refractivity contribution in [2.24, 2.45) is 0 Å². The lowest BCUT2D eigenvalue weighted by Crippen LogP contribution is -2.47. The first-order valence-electron chi connectivity index (χ1n) is 7.84. The SMILES string of the molecule is FC(F)(F)c1cccc(N2CCN(c3nccn4ccnc34)CC2)n1. The molecule has 25 heavy (non-hydrogen) atoms. The van der Waals surface area contributed by atoms with Crippen molar-refractivity contribution in [1.29, 1.82) is 0 Å². The van der Waals surface area contributed by atoms with Gasteiger partial charge >= 0.3 is 6.18 Å². The predicted octanol–water partition coefficient (Wildman–Crippen LogP) is 2.47. The van der Waals surface area contributed by atoms with Crippen LogP contribution in [0.2, 0.25) is 0 Å². The molecular weight excluding hydrogens is 333 g/mol. The van der Waals surface area contributed by atoms with E-state index in [2.05, 4.69) is 19.9 Å². The molecule has 6 nitrogen and oxygen atoms in total. The second kappa shape index (κ2) is 5.91. The number of pyridine rings is 1. The molecule has 0 unspecified atom stereocenters. The number of anilines is 2. The molecule has 1 aliphatic rings. The van der Waals surface area contributed by atoms with E-state index in [0.29, 0.717) is 32.0 Å². The molecule has 0 bridgehead atoms. The Labute approximate surface area is 141 Å². The fourth-order valence-corrected chi connectivity index (χ4v) is 2.97. The lowest BCUT2D eigenvalue weighted by Gasteiger charge is -2.36. The van der Waals surface area contributed by atoms with Gasteiger partial charge in [-0.2, -0.15) is 13.2 Å². The number of aromatic nitrogens is 4. The van der Waals surface area contributed by atoms with Gasteiger partial charge in [0.2, 0.25) is 0 Å². The van der Waals surface area contributed by atoms with Crippen molar-refractivity contribution >= 4 is 17.3 Å². The summed E-state index contributed by atoms with van der Waals surface area (Å²) < 4.78 is 40.4. The molecule has 4 heterocycles. The third-order valence-corrected chi connectivity index (χ3v) is 4.22. The molecular formula is C16H15F3N6.